The summed E-state index contributed by atoms with van der Waals surface area (Å²) in [5, 5.41) is 3.08. The SMILES string of the molecule is CC1(C)OC[C@@H](COc2ccc(NC(=O)N3c4nc(-c5cccc(C(F)(F)F)c5)c(Cl)cc4N4CCC[C@H]3C4)cn2)O1. The van der Waals surface area contributed by atoms with Gasteiger partial charge >= 0.3 is 12.2 Å². The summed E-state index contributed by atoms with van der Waals surface area (Å²) in [5.74, 6) is 0.0657. The van der Waals surface area contributed by atoms with E-state index in [1.807, 2.05) is 13.8 Å². The number of hydrogen-bond donors (Lipinski definition) is 1. The fourth-order valence-electron chi connectivity index (χ4n) is 5.49. The second-order valence-corrected chi connectivity index (χ2v) is 11.3. The van der Waals surface area contributed by atoms with E-state index < -0.39 is 23.6 Å². The molecule has 42 heavy (non-hydrogen) atoms. The summed E-state index contributed by atoms with van der Waals surface area (Å²) < 4.78 is 57.2. The van der Waals surface area contributed by atoms with E-state index in [1.165, 1.54) is 18.3 Å². The summed E-state index contributed by atoms with van der Waals surface area (Å²) in [7, 11) is 0. The molecule has 0 aliphatic carbocycles. The second-order valence-electron chi connectivity index (χ2n) is 10.9. The van der Waals surface area contributed by atoms with Crippen LogP contribution in [0.25, 0.3) is 11.3 Å². The third kappa shape index (κ3) is 5.83. The first kappa shape index (κ1) is 28.5. The van der Waals surface area contributed by atoms with Crippen LogP contribution in [0.4, 0.5) is 35.2 Å². The van der Waals surface area contributed by atoms with Crippen LogP contribution < -0.4 is 19.9 Å². The molecule has 0 unspecified atom stereocenters. The number of alkyl halides is 3. The smallest absolute Gasteiger partial charge is 0.416 e. The van der Waals surface area contributed by atoms with Gasteiger partial charge in [-0.1, -0.05) is 23.7 Å². The highest BCUT2D eigenvalue weighted by Gasteiger charge is 2.39. The Balaban J connectivity index is 1.23. The number of urea groups is 1. The van der Waals surface area contributed by atoms with Crippen molar-refractivity contribution in [3.63, 3.8) is 0 Å². The number of anilines is 3. The Morgan fingerprint density at radius 2 is 2.07 bits per heavy atom. The van der Waals surface area contributed by atoms with Crippen LogP contribution in [-0.2, 0) is 15.7 Å². The molecule has 3 aliphatic rings. The Bertz CT molecular complexity index is 1490. The van der Waals surface area contributed by atoms with Gasteiger partial charge in [0.05, 0.1) is 46.5 Å². The second kappa shape index (κ2) is 10.9. The van der Waals surface area contributed by atoms with Gasteiger partial charge in [-0.05, 0) is 51.0 Å². The predicted molar refractivity (Wildman–Crippen MR) is 151 cm³/mol. The Kier molecular flexibility index (Phi) is 7.40. The number of halogens is 4. The Morgan fingerprint density at radius 3 is 2.79 bits per heavy atom. The fourth-order valence-corrected chi connectivity index (χ4v) is 5.75. The summed E-state index contributed by atoms with van der Waals surface area (Å²) >= 11 is 6.57. The van der Waals surface area contributed by atoms with Gasteiger partial charge in [-0.25, -0.2) is 14.8 Å². The molecule has 2 atom stereocenters. The number of nitrogens with zero attached hydrogens (tertiary/aromatic N) is 4. The first-order chi connectivity index (χ1) is 20.0. The van der Waals surface area contributed by atoms with Gasteiger partial charge in [0.1, 0.15) is 12.7 Å². The van der Waals surface area contributed by atoms with Gasteiger partial charge in [0.25, 0.3) is 0 Å². The number of aromatic nitrogens is 2. The molecule has 13 heteroatoms. The summed E-state index contributed by atoms with van der Waals surface area (Å²) in [5.41, 5.74) is 0.676. The third-order valence-electron chi connectivity index (χ3n) is 7.42. The van der Waals surface area contributed by atoms with Gasteiger partial charge < -0.3 is 24.4 Å². The molecule has 1 aromatic carbocycles. The van der Waals surface area contributed by atoms with E-state index in [4.69, 9.17) is 25.8 Å². The molecular formula is C29H29ClF3N5O4. The van der Waals surface area contributed by atoms with Crippen molar-refractivity contribution >= 4 is 34.8 Å². The first-order valence-corrected chi connectivity index (χ1v) is 14.0. The third-order valence-corrected chi connectivity index (χ3v) is 7.71. The quantitative estimate of drug-likeness (QED) is 0.363. The van der Waals surface area contributed by atoms with Crippen molar-refractivity contribution in [1.82, 2.24) is 9.97 Å². The van der Waals surface area contributed by atoms with Gasteiger partial charge in [-0.2, -0.15) is 13.2 Å². The van der Waals surface area contributed by atoms with E-state index >= 15 is 0 Å². The molecule has 2 saturated heterocycles. The average Bonchev–Trinajstić information content (AvgIpc) is 3.31. The average molecular weight is 604 g/mol. The van der Waals surface area contributed by atoms with Crippen LogP contribution >= 0.6 is 11.6 Å². The molecule has 2 bridgehead atoms. The number of hydrogen-bond acceptors (Lipinski definition) is 7. The zero-order chi connectivity index (χ0) is 29.6. The number of amides is 2. The van der Waals surface area contributed by atoms with Crippen LogP contribution in [0.2, 0.25) is 5.02 Å². The number of piperidine rings is 1. The minimum atomic E-state index is -4.52. The lowest BCUT2D eigenvalue weighted by atomic mass is 9.99. The molecule has 2 amide bonds. The molecule has 3 aliphatic heterocycles. The Hall–Kier alpha value is -3.61. The number of carbonyl (C=O) groups is 1. The highest BCUT2D eigenvalue weighted by molar-refractivity contribution is 6.33. The van der Waals surface area contributed by atoms with Crippen LogP contribution in [0.5, 0.6) is 5.88 Å². The van der Waals surface area contributed by atoms with E-state index in [2.05, 4.69) is 20.2 Å². The number of pyridine rings is 2. The lowest BCUT2D eigenvalue weighted by Crippen LogP contribution is -2.56. The van der Waals surface area contributed by atoms with E-state index in [-0.39, 0.29) is 35.0 Å². The van der Waals surface area contributed by atoms with Crippen LogP contribution in [0.15, 0.2) is 48.7 Å². The maximum atomic E-state index is 13.7. The lowest BCUT2D eigenvalue weighted by Gasteiger charge is -2.46. The predicted octanol–water partition coefficient (Wildman–Crippen LogP) is 6.37. The molecule has 5 heterocycles. The zero-order valence-corrected chi connectivity index (χ0v) is 23.7. The number of ether oxygens (including phenoxy) is 3. The molecule has 2 aromatic heterocycles. The van der Waals surface area contributed by atoms with Crippen LogP contribution in [0.3, 0.4) is 0 Å². The highest BCUT2D eigenvalue weighted by atomic mass is 35.5. The maximum absolute atomic E-state index is 13.7. The van der Waals surface area contributed by atoms with Gasteiger partial charge in [-0.15, -0.1) is 0 Å². The summed E-state index contributed by atoms with van der Waals surface area (Å²) in [6.45, 7) is 5.73. The fraction of sp³-hybridized carbons (Fsp3) is 0.414. The molecule has 1 N–H and O–H groups in total. The van der Waals surface area contributed by atoms with Gasteiger partial charge in [0.2, 0.25) is 5.88 Å². The van der Waals surface area contributed by atoms with Gasteiger partial charge in [-0.3, -0.25) is 4.90 Å². The zero-order valence-electron chi connectivity index (χ0n) is 22.9. The molecule has 6 rings (SSSR count). The van der Waals surface area contributed by atoms with E-state index in [1.54, 1.807) is 23.1 Å². The number of fused-ring (bicyclic) bond motifs is 4. The lowest BCUT2D eigenvalue weighted by molar-refractivity contribution is -0.141. The largest absolute Gasteiger partial charge is 0.475 e. The first-order valence-electron chi connectivity index (χ1n) is 13.6. The van der Waals surface area contributed by atoms with Crippen molar-refractivity contribution in [2.45, 2.75) is 50.8 Å². The van der Waals surface area contributed by atoms with E-state index in [0.717, 1.165) is 31.5 Å². The highest BCUT2D eigenvalue weighted by Crippen LogP contribution is 2.43. The van der Waals surface area contributed by atoms with Crippen LogP contribution in [-0.4, -0.2) is 60.2 Å². The topological polar surface area (TPSA) is 89.1 Å². The summed E-state index contributed by atoms with van der Waals surface area (Å²) in [4.78, 5) is 26.3. The minimum absolute atomic E-state index is 0.170. The van der Waals surface area contributed by atoms with Gasteiger partial charge in [0.15, 0.2) is 11.6 Å². The summed E-state index contributed by atoms with van der Waals surface area (Å²) in [6, 6.07) is 9.23. The van der Waals surface area contributed by atoms with Crippen molar-refractivity contribution in [3.05, 3.63) is 59.2 Å². The van der Waals surface area contributed by atoms with Crippen LogP contribution in [0.1, 0.15) is 32.3 Å². The van der Waals surface area contributed by atoms with Gasteiger partial charge in [0, 0.05) is 24.7 Å². The number of nitrogens with one attached hydrogen (secondary N) is 1. The minimum Gasteiger partial charge on any atom is -0.475 e. The monoisotopic (exact) mass is 603 g/mol. The number of benzene rings is 1. The molecule has 0 spiro atoms. The van der Waals surface area contributed by atoms with Crippen LogP contribution in [0, 0.1) is 0 Å². The molecule has 9 nitrogen and oxygen atoms in total. The summed E-state index contributed by atoms with van der Waals surface area (Å²) in [6.07, 6.45) is -1.62. The normalized spacial score (nSPS) is 21.2. The standard InChI is InChI=1S/C29H29ClF3N5O4/c1-28(2)41-16-21(42-28)15-40-24-9-8-19(13-34-24)35-27(39)38-20-7-4-10-37(14-20)23-12-22(30)25(36-26(23)38)17-5-3-6-18(11-17)29(31,32)33/h3,5-6,8-9,11-13,20-21H,4,7,10,14-16H2,1-2H3,(H,35,39)/t20-,21+/m0/s1. The number of rotatable bonds is 5. The van der Waals surface area contributed by atoms with Crippen molar-refractivity contribution < 1.29 is 32.2 Å². The molecule has 0 radical (unpaired) electrons. The molecule has 3 aromatic rings. The van der Waals surface area contributed by atoms with Crippen molar-refractivity contribution in [3.8, 4) is 17.1 Å². The molecular weight excluding hydrogens is 575 g/mol. The van der Waals surface area contributed by atoms with E-state index in [0.29, 0.717) is 36.2 Å². The van der Waals surface area contributed by atoms with Crippen molar-refractivity contribution in [2.75, 3.05) is 41.4 Å². The van der Waals surface area contributed by atoms with E-state index in [9.17, 15) is 18.0 Å². The Labute approximate surface area is 245 Å². The Morgan fingerprint density at radius 1 is 1.24 bits per heavy atom. The molecule has 222 valence electrons. The molecule has 2 fully saturated rings. The maximum Gasteiger partial charge on any atom is 0.416 e. The van der Waals surface area contributed by atoms with Crippen molar-refractivity contribution in [1.29, 1.82) is 0 Å². The number of carbonyl (C=O) groups excluding carboxylic acids is 1. The van der Waals surface area contributed by atoms with Crippen molar-refractivity contribution in [2.24, 2.45) is 0 Å². The molecule has 0 saturated carbocycles.